The van der Waals surface area contributed by atoms with E-state index in [9.17, 15) is 14.5 Å². The lowest BCUT2D eigenvalue weighted by Crippen LogP contribution is -2.44. The number of benzene rings is 1. The van der Waals surface area contributed by atoms with E-state index >= 15 is 0 Å². The van der Waals surface area contributed by atoms with Crippen molar-refractivity contribution in [2.24, 2.45) is 0 Å². The van der Waals surface area contributed by atoms with E-state index in [4.69, 9.17) is 4.74 Å². The first-order valence-corrected chi connectivity index (χ1v) is 6.85. The van der Waals surface area contributed by atoms with Crippen LogP contribution >= 0.6 is 0 Å². The molecular formula is C14H15FN4O3. The predicted molar refractivity (Wildman–Crippen MR) is 77.4 cm³/mol. The van der Waals surface area contributed by atoms with E-state index < -0.39 is 10.5 Å². The molecule has 0 aliphatic carbocycles. The van der Waals surface area contributed by atoms with Crippen LogP contribution < -0.4 is 10.1 Å². The lowest BCUT2D eigenvalue weighted by molar-refractivity contribution is -0.389. The number of anilines is 1. The molecule has 0 saturated carbocycles. The van der Waals surface area contributed by atoms with Crippen LogP contribution in [0.4, 0.5) is 15.9 Å². The lowest BCUT2D eigenvalue weighted by atomic mass is 10.0. The molecule has 1 N–H and O–H groups in total. The van der Waals surface area contributed by atoms with Gasteiger partial charge in [0.2, 0.25) is 0 Å². The number of halogens is 1. The summed E-state index contributed by atoms with van der Waals surface area (Å²) in [5.74, 6) is -0.509. The molecule has 1 unspecified atom stereocenters. The zero-order chi connectivity index (χ0) is 15.7. The van der Waals surface area contributed by atoms with Crippen molar-refractivity contribution in [3.63, 3.8) is 0 Å². The number of aromatic nitrogens is 2. The van der Waals surface area contributed by atoms with Gasteiger partial charge in [0.25, 0.3) is 0 Å². The molecule has 1 aromatic heterocycles. The molecule has 116 valence electrons. The van der Waals surface area contributed by atoms with Crippen LogP contribution in [0.2, 0.25) is 0 Å². The Balaban J connectivity index is 1.69. The highest BCUT2D eigenvalue weighted by Gasteiger charge is 2.36. The highest BCUT2D eigenvalue weighted by molar-refractivity contribution is 5.43. The van der Waals surface area contributed by atoms with Gasteiger partial charge in [0.15, 0.2) is 0 Å². The Morgan fingerprint density at radius 2 is 2.23 bits per heavy atom. The number of ether oxygens (including phenoxy) is 1. The first-order chi connectivity index (χ1) is 10.5. The van der Waals surface area contributed by atoms with Gasteiger partial charge in [-0.15, -0.1) is 0 Å². The number of aryl methyl sites for hydroxylation is 1. The fourth-order valence-corrected chi connectivity index (χ4v) is 2.32. The summed E-state index contributed by atoms with van der Waals surface area (Å²) in [6.45, 7) is 2.99. The summed E-state index contributed by atoms with van der Waals surface area (Å²) in [7, 11) is 0. The number of fused-ring (bicyclic) bond motifs is 1. The topological polar surface area (TPSA) is 82.2 Å². The number of nitrogens with one attached hydrogen (secondary N) is 1. The van der Waals surface area contributed by atoms with Crippen molar-refractivity contribution in [2.75, 3.05) is 11.9 Å². The standard InChI is InChI=1S/C14H15FN4O3/c1-14(9-16-11-4-2-10(15)3-5-11)6-7-18-8-12(19(20)21)17-13(18)22-14/h2-5,8,16H,6-7,9H2,1H3. The fraction of sp³-hybridized carbons (Fsp3) is 0.357. The van der Waals surface area contributed by atoms with Crippen molar-refractivity contribution in [3.8, 4) is 6.01 Å². The zero-order valence-corrected chi connectivity index (χ0v) is 12.0. The molecule has 8 heteroatoms. The molecule has 0 bridgehead atoms. The van der Waals surface area contributed by atoms with Crippen LogP contribution in [0.1, 0.15) is 13.3 Å². The van der Waals surface area contributed by atoms with Crippen molar-refractivity contribution in [1.29, 1.82) is 0 Å². The molecule has 2 aromatic rings. The van der Waals surface area contributed by atoms with Gasteiger partial charge >= 0.3 is 11.8 Å². The van der Waals surface area contributed by atoms with Crippen molar-refractivity contribution < 1.29 is 14.1 Å². The van der Waals surface area contributed by atoms with Gasteiger partial charge in [0.05, 0.1) is 6.54 Å². The second kappa shape index (κ2) is 5.28. The van der Waals surface area contributed by atoms with E-state index in [1.165, 1.54) is 18.3 Å². The van der Waals surface area contributed by atoms with E-state index in [1.807, 2.05) is 6.92 Å². The van der Waals surface area contributed by atoms with Crippen LogP contribution in [-0.4, -0.2) is 26.6 Å². The van der Waals surface area contributed by atoms with Crippen molar-refractivity contribution in [3.05, 3.63) is 46.4 Å². The summed E-state index contributed by atoms with van der Waals surface area (Å²) in [5, 5.41) is 13.9. The summed E-state index contributed by atoms with van der Waals surface area (Å²) in [6.07, 6.45) is 2.06. The molecule has 3 rings (SSSR count). The van der Waals surface area contributed by atoms with Crippen molar-refractivity contribution >= 4 is 11.5 Å². The number of rotatable bonds is 4. The Hall–Kier alpha value is -2.64. The van der Waals surface area contributed by atoms with Gasteiger partial charge in [0.1, 0.15) is 17.6 Å². The van der Waals surface area contributed by atoms with Gasteiger partial charge in [-0.25, -0.2) is 4.39 Å². The van der Waals surface area contributed by atoms with E-state index in [2.05, 4.69) is 10.3 Å². The first-order valence-electron chi connectivity index (χ1n) is 6.85. The molecule has 7 nitrogen and oxygen atoms in total. The second-order valence-corrected chi connectivity index (χ2v) is 5.49. The van der Waals surface area contributed by atoms with Crippen LogP contribution in [0, 0.1) is 15.9 Å². The quantitative estimate of drug-likeness (QED) is 0.693. The summed E-state index contributed by atoms with van der Waals surface area (Å²) >= 11 is 0. The third kappa shape index (κ3) is 2.85. The molecule has 1 aromatic carbocycles. The molecule has 0 radical (unpaired) electrons. The Morgan fingerprint density at radius 1 is 1.50 bits per heavy atom. The summed E-state index contributed by atoms with van der Waals surface area (Å²) in [5.41, 5.74) is 0.245. The monoisotopic (exact) mass is 306 g/mol. The Kier molecular flexibility index (Phi) is 3.44. The average Bonchev–Trinajstić information content (AvgIpc) is 2.90. The van der Waals surface area contributed by atoms with Gasteiger partial charge in [-0.05, 0) is 36.1 Å². The highest BCUT2D eigenvalue weighted by atomic mass is 19.1. The van der Waals surface area contributed by atoms with Crippen LogP contribution in [-0.2, 0) is 6.54 Å². The minimum atomic E-state index is -0.539. The van der Waals surface area contributed by atoms with E-state index in [-0.39, 0.29) is 17.6 Å². The molecular weight excluding hydrogens is 291 g/mol. The largest absolute Gasteiger partial charge is 0.438 e. The van der Waals surface area contributed by atoms with Crippen LogP contribution in [0.25, 0.3) is 0 Å². The Bertz CT molecular complexity index is 701. The Morgan fingerprint density at radius 3 is 2.91 bits per heavy atom. The molecule has 0 fully saturated rings. The van der Waals surface area contributed by atoms with Gasteiger partial charge in [0, 0.05) is 23.6 Å². The number of hydrogen-bond donors (Lipinski definition) is 1. The maximum atomic E-state index is 12.9. The summed E-state index contributed by atoms with van der Waals surface area (Å²) in [4.78, 5) is 14.1. The van der Waals surface area contributed by atoms with Crippen molar-refractivity contribution in [1.82, 2.24) is 9.55 Å². The molecule has 2 heterocycles. The van der Waals surface area contributed by atoms with E-state index in [0.717, 1.165) is 5.69 Å². The molecule has 1 aliphatic rings. The van der Waals surface area contributed by atoms with Crippen LogP contribution in [0.5, 0.6) is 6.01 Å². The average molecular weight is 306 g/mol. The van der Waals surface area contributed by atoms with Gasteiger partial charge in [-0.1, -0.05) is 0 Å². The lowest BCUT2D eigenvalue weighted by Gasteiger charge is -2.33. The summed E-state index contributed by atoms with van der Waals surface area (Å²) < 4.78 is 20.3. The smallest absolute Gasteiger partial charge is 0.414 e. The van der Waals surface area contributed by atoms with Crippen molar-refractivity contribution in [2.45, 2.75) is 25.5 Å². The highest BCUT2D eigenvalue weighted by Crippen LogP contribution is 2.30. The number of nitro groups is 1. The van der Waals surface area contributed by atoms with Gasteiger partial charge in [-0.3, -0.25) is 4.57 Å². The number of nitrogens with zero attached hydrogens (tertiary/aromatic N) is 3. The number of imidazole rings is 1. The van der Waals surface area contributed by atoms with E-state index in [0.29, 0.717) is 19.5 Å². The maximum Gasteiger partial charge on any atom is 0.414 e. The molecule has 1 atom stereocenters. The maximum absolute atomic E-state index is 12.9. The fourth-order valence-electron chi connectivity index (χ4n) is 2.32. The van der Waals surface area contributed by atoms with Gasteiger partial charge in [-0.2, -0.15) is 0 Å². The second-order valence-electron chi connectivity index (χ2n) is 5.49. The van der Waals surface area contributed by atoms with Gasteiger partial charge < -0.3 is 20.2 Å². The van der Waals surface area contributed by atoms with Crippen LogP contribution in [0.3, 0.4) is 0 Å². The number of hydrogen-bond acceptors (Lipinski definition) is 5. The minimum Gasteiger partial charge on any atom is -0.438 e. The van der Waals surface area contributed by atoms with Crippen LogP contribution in [0.15, 0.2) is 30.5 Å². The molecule has 0 saturated heterocycles. The molecule has 0 spiro atoms. The predicted octanol–water partition coefficient (Wildman–Crippen LogP) is 2.58. The third-order valence-electron chi connectivity index (χ3n) is 3.64. The minimum absolute atomic E-state index is 0.217. The first kappa shape index (κ1) is 14.3. The molecule has 22 heavy (non-hydrogen) atoms. The zero-order valence-electron chi connectivity index (χ0n) is 12.0. The van der Waals surface area contributed by atoms with E-state index in [1.54, 1.807) is 16.7 Å². The SMILES string of the molecule is CC1(CNc2ccc(F)cc2)CCn2cc([N+](=O)[O-])nc2O1. The molecule has 0 amide bonds. The summed E-state index contributed by atoms with van der Waals surface area (Å²) in [6, 6.07) is 6.30. The Labute approximate surface area is 125 Å². The third-order valence-corrected chi connectivity index (χ3v) is 3.64. The normalized spacial score (nSPS) is 20.1. The molecule has 1 aliphatic heterocycles.